The summed E-state index contributed by atoms with van der Waals surface area (Å²) in [4.78, 5) is 28.4. The number of nitrogens with zero attached hydrogens (tertiary/aromatic N) is 3. The standard InChI is InChI=1S/C12H11N3O2/c1-8-4-11(16)15(12(8)17)7-9-2-3-14-10(5-9)6-13/h2-3,5,8H,4,7H2,1H3. The first-order valence-corrected chi connectivity index (χ1v) is 5.31. The number of amides is 2. The van der Waals surface area contributed by atoms with Gasteiger partial charge in [0, 0.05) is 18.5 Å². The van der Waals surface area contributed by atoms with Crippen molar-refractivity contribution in [2.24, 2.45) is 5.92 Å². The van der Waals surface area contributed by atoms with Crippen LogP contribution in [0.1, 0.15) is 24.6 Å². The van der Waals surface area contributed by atoms with Gasteiger partial charge in [-0.15, -0.1) is 0 Å². The van der Waals surface area contributed by atoms with E-state index in [9.17, 15) is 9.59 Å². The number of nitriles is 1. The number of carbonyl (C=O) groups excluding carboxylic acids is 2. The third-order valence-corrected chi connectivity index (χ3v) is 2.75. The van der Waals surface area contributed by atoms with Gasteiger partial charge >= 0.3 is 0 Å². The third-order valence-electron chi connectivity index (χ3n) is 2.75. The van der Waals surface area contributed by atoms with E-state index in [2.05, 4.69) is 4.98 Å². The number of rotatable bonds is 2. The van der Waals surface area contributed by atoms with Crippen molar-refractivity contribution in [3.63, 3.8) is 0 Å². The maximum Gasteiger partial charge on any atom is 0.232 e. The monoisotopic (exact) mass is 229 g/mol. The van der Waals surface area contributed by atoms with Crippen molar-refractivity contribution in [2.75, 3.05) is 0 Å². The van der Waals surface area contributed by atoms with Gasteiger partial charge in [-0.2, -0.15) is 5.26 Å². The molecule has 2 amide bonds. The minimum atomic E-state index is -0.236. The van der Waals surface area contributed by atoms with Gasteiger partial charge in [-0.25, -0.2) is 4.98 Å². The van der Waals surface area contributed by atoms with Crippen LogP contribution in [-0.2, 0) is 16.1 Å². The molecule has 1 aromatic heterocycles. The first-order chi connectivity index (χ1) is 8.11. The number of hydrogen-bond acceptors (Lipinski definition) is 4. The van der Waals surface area contributed by atoms with Crippen LogP contribution >= 0.6 is 0 Å². The molecule has 0 N–H and O–H groups in total. The molecule has 1 aromatic rings. The van der Waals surface area contributed by atoms with Gasteiger partial charge in [0.25, 0.3) is 0 Å². The van der Waals surface area contributed by atoms with Crippen LogP contribution in [0.5, 0.6) is 0 Å². The fourth-order valence-corrected chi connectivity index (χ4v) is 1.83. The van der Waals surface area contributed by atoms with Gasteiger partial charge in [0.05, 0.1) is 6.54 Å². The summed E-state index contributed by atoms with van der Waals surface area (Å²) in [5.41, 5.74) is 1.03. The number of carbonyl (C=O) groups is 2. The Bertz CT molecular complexity index is 519. The predicted octanol–water partition coefficient (Wildman–Crippen LogP) is 0.848. The van der Waals surface area contributed by atoms with Gasteiger partial charge in [-0.05, 0) is 17.7 Å². The molecular weight excluding hydrogens is 218 g/mol. The second kappa shape index (κ2) is 4.34. The Morgan fingerprint density at radius 2 is 2.35 bits per heavy atom. The highest BCUT2D eigenvalue weighted by atomic mass is 16.2. The normalized spacial score (nSPS) is 19.5. The molecule has 5 heteroatoms. The van der Waals surface area contributed by atoms with Crippen LogP contribution in [0.25, 0.3) is 0 Å². The molecule has 1 aliphatic rings. The van der Waals surface area contributed by atoms with E-state index >= 15 is 0 Å². The van der Waals surface area contributed by atoms with Gasteiger partial charge in [-0.1, -0.05) is 6.92 Å². The Hall–Kier alpha value is -2.22. The summed E-state index contributed by atoms with van der Waals surface area (Å²) < 4.78 is 0. The van der Waals surface area contributed by atoms with Crippen molar-refractivity contribution in [3.8, 4) is 6.07 Å². The van der Waals surface area contributed by atoms with Crippen molar-refractivity contribution in [2.45, 2.75) is 19.9 Å². The highest BCUT2D eigenvalue weighted by molar-refractivity contribution is 6.03. The fraction of sp³-hybridized carbons (Fsp3) is 0.333. The molecule has 0 bridgehead atoms. The average molecular weight is 229 g/mol. The van der Waals surface area contributed by atoms with Gasteiger partial charge in [0.1, 0.15) is 11.8 Å². The van der Waals surface area contributed by atoms with Gasteiger partial charge in [-0.3, -0.25) is 14.5 Å². The summed E-state index contributed by atoms with van der Waals surface area (Å²) in [6, 6.07) is 5.21. The summed E-state index contributed by atoms with van der Waals surface area (Å²) in [6.07, 6.45) is 1.78. The lowest BCUT2D eigenvalue weighted by Crippen LogP contribution is -2.29. The molecular formula is C12H11N3O2. The van der Waals surface area contributed by atoms with Gasteiger partial charge in [0.2, 0.25) is 11.8 Å². The Balaban J connectivity index is 2.19. The van der Waals surface area contributed by atoms with Crippen molar-refractivity contribution >= 4 is 11.8 Å². The van der Waals surface area contributed by atoms with E-state index in [4.69, 9.17) is 5.26 Å². The Morgan fingerprint density at radius 1 is 1.59 bits per heavy atom. The van der Waals surface area contributed by atoms with Crippen molar-refractivity contribution < 1.29 is 9.59 Å². The van der Waals surface area contributed by atoms with E-state index in [0.29, 0.717) is 0 Å². The molecule has 17 heavy (non-hydrogen) atoms. The highest BCUT2D eigenvalue weighted by Crippen LogP contribution is 2.21. The summed E-state index contributed by atoms with van der Waals surface area (Å²) in [7, 11) is 0. The summed E-state index contributed by atoms with van der Waals surface area (Å²) in [5.74, 6) is -0.539. The molecule has 2 heterocycles. The van der Waals surface area contributed by atoms with E-state index in [-0.39, 0.29) is 36.4 Å². The molecule has 0 saturated carbocycles. The molecule has 0 radical (unpaired) electrons. The molecule has 1 aliphatic heterocycles. The minimum absolute atomic E-state index is 0.148. The Morgan fingerprint density at radius 3 is 2.94 bits per heavy atom. The number of aromatic nitrogens is 1. The lowest BCUT2D eigenvalue weighted by atomic mass is 10.1. The third kappa shape index (κ3) is 2.16. The minimum Gasteiger partial charge on any atom is -0.278 e. The molecule has 5 nitrogen and oxygen atoms in total. The zero-order valence-corrected chi connectivity index (χ0v) is 9.38. The molecule has 0 aromatic carbocycles. The van der Waals surface area contributed by atoms with E-state index in [1.807, 2.05) is 6.07 Å². The summed E-state index contributed by atoms with van der Waals surface area (Å²) in [6.45, 7) is 1.96. The number of hydrogen-bond donors (Lipinski definition) is 0. The van der Waals surface area contributed by atoms with Crippen LogP contribution in [0.3, 0.4) is 0 Å². The topological polar surface area (TPSA) is 74.1 Å². The lowest BCUT2D eigenvalue weighted by Gasteiger charge is -2.14. The largest absolute Gasteiger partial charge is 0.278 e. The summed E-state index contributed by atoms with van der Waals surface area (Å²) in [5, 5.41) is 8.71. The summed E-state index contributed by atoms with van der Waals surface area (Å²) >= 11 is 0. The maximum atomic E-state index is 11.7. The lowest BCUT2D eigenvalue weighted by molar-refractivity contribution is -0.139. The Labute approximate surface area is 98.7 Å². The molecule has 1 unspecified atom stereocenters. The van der Waals surface area contributed by atoms with Gasteiger partial charge < -0.3 is 0 Å². The number of pyridine rings is 1. The molecule has 1 fully saturated rings. The SMILES string of the molecule is CC1CC(=O)N(Cc2ccnc(C#N)c2)C1=O. The van der Waals surface area contributed by atoms with Crippen LogP contribution in [0.4, 0.5) is 0 Å². The molecule has 86 valence electrons. The van der Waals surface area contributed by atoms with Crippen molar-refractivity contribution in [1.82, 2.24) is 9.88 Å². The zero-order chi connectivity index (χ0) is 12.4. The van der Waals surface area contributed by atoms with Crippen molar-refractivity contribution in [3.05, 3.63) is 29.6 Å². The average Bonchev–Trinajstić information content (AvgIpc) is 2.56. The quantitative estimate of drug-likeness (QED) is 0.704. The molecule has 0 aliphatic carbocycles. The van der Waals surface area contributed by atoms with Crippen LogP contribution < -0.4 is 0 Å². The molecule has 0 spiro atoms. The predicted molar refractivity (Wildman–Crippen MR) is 58.3 cm³/mol. The second-order valence-electron chi connectivity index (χ2n) is 4.08. The van der Waals surface area contributed by atoms with Crippen molar-refractivity contribution in [1.29, 1.82) is 5.26 Å². The number of likely N-dealkylation sites (tertiary alicyclic amines) is 1. The number of imide groups is 1. The van der Waals surface area contributed by atoms with E-state index < -0.39 is 0 Å². The van der Waals surface area contributed by atoms with E-state index in [1.165, 1.54) is 11.1 Å². The molecule has 2 rings (SSSR count). The second-order valence-corrected chi connectivity index (χ2v) is 4.08. The first kappa shape index (κ1) is 11.3. The maximum absolute atomic E-state index is 11.7. The highest BCUT2D eigenvalue weighted by Gasteiger charge is 2.35. The van der Waals surface area contributed by atoms with E-state index in [1.54, 1.807) is 19.1 Å². The van der Waals surface area contributed by atoms with Crippen LogP contribution in [-0.4, -0.2) is 21.7 Å². The molecule has 1 atom stereocenters. The zero-order valence-electron chi connectivity index (χ0n) is 9.38. The van der Waals surface area contributed by atoms with Gasteiger partial charge in [0.15, 0.2) is 0 Å². The first-order valence-electron chi connectivity index (χ1n) is 5.31. The molecule has 1 saturated heterocycles. The Kier molecular flexibility index (Phi) is 2.88. The van der Waals surface area contributed by atoms with Crippen LogP contribution in [0, 0.1) is 17.2 Å². The van der Waals surface area contributed by atoms with E-state index in [0.717, 1.165) is 5.56 Å². The van der Waals surface area contributed by atoms with Crippen LogP contribution in [0.15, 0.2) is 18.3 Å². The van der Waals surface area contributed by atoms with Crippen LogP contribution in [0.2, 0.25) is 0 Å². The smallest absolute Gasteiger partial charge is 0.232 e. The fourth-order valence-electron chi connectivity index (χ4n) is 1.83.